The van der Waals surface area contributed by atoms with Crippen LogP contribution in [0, 0.1) is 5.92 Å². The second kappa shape index (κ2) is 9.41. The number of amides is 1. The molecular formula is C19H30N2O5S. The number of carbonyl (C=O) groups excluding carboxylic acids is 1. The lowest BCUT2D eigenvalue weighted by atomic mass is 10.0. The van der Waals surface area contributed by atoms with Gasteiger partial charge in [0.25, 0.3) is 0 Å². The van der Waals surface area contributed by atoms with Crippen LogP contribution in [-0.2, 0) is 14.8 Å². The minimum atomic E-state index is -3.79. The fourth-order valence-electron chi connectivity index (χ4n) is 2.88. The molecule has 0 saturated carbocycles. The van der Waals surface area contributed by atoms with E-state index in [1.807, 2.05) is 6.92 Å². The van der Waals surface area contributed by atoms with Crippen molar-refractivity contribution in [3.63, 3.8) is 0 Å². The Morgan fingerprint density at radius 3 is 2.48 bits per heavy atom. The Hall–Kier alpha value is -1.80. The van der Waals surface area contributed by atoms with Gasteiger partial charge in [0.2, 0.25) is 15.9 Å². The predicted octanol–water partition coefficient (Wildman–Crippen LogP) is 2.41. The van der Waals surface area contributed by atoms with Crippen molar-refractivity contribution in [3.8, 4) is 11.5 Å². The van der Waals surface area contributed by atoms with E-state index in [9.17, 15) is 13.2 Å². The number of hydrogen-bond donors (Lipinski definition) is 1. The summed E-state index contributed by atoms with van der Waals surface area (Å²) < 4.78 is 37.4. The van der Waals surface area contributed by atoms with E-state index >= 15 is 0 Å². The van der Waals surface area contributed by atoms with Gasteiger partial charge in [0.15, 0.2) is 11.5 Å². The van der Waals surface area contributed by atoms with Crippen LogP contribution < -0.4 is 14.8 Å². The van der Waals surface area contributed by atoms with E-state index < -0.39 is 10.0 Å². The molecule has 1 N–H and O–H groups in total. The molecule has 0 aromatic heterocycles. The second-order valence-electron chi connectivity index (χ2n) is 7.36. The van der Waals surface area contributed by atoms with Crippen molar-refractivity contribution in [2.24, 2.45) is 5.92 Å². The first-order valence-electron chi connectivity index (χ1n) is 9.35. The van der Waals surface area contributed by atoms with E-state index in [2.05, 4.69) is 19.2 Å². The van der Waals surface area contributed by atoms with Crippen molar-refractivity contribution in [2.75, 3.05) is 26.8 Å². The van der Waals surface area contributed by atoms with Gasteiger partial charge in [-0.05, 0) is 31.4 Å². The van der Waals surface area contributed by atoms with Crippen molar-refractivity contribution in [3.05, 3.63) is 18.2 Å². The summed E-state index contributed by atoms with van der Waals surface area (Å²) in [5, 5.41) is 2.87. The molecule has 0 aliphatic carbocycles. The summed E-state index contributed by atoms with van der Waals surface area (Å²) >= 11 is 0. The van der Waals surface area contributed by atoms with Crippen LogP contribution in [-0.4, -0.2) is 51.5 Å². The lowest BCUT2D eigenvalue weighted by Crippen LogP contribution is -2.41. The Balaban J connectivity index is 1.93. The third-order valence-electron chi connectivity index (χ3n) is 4.41. The summed E-state index contributed by atoms with van der Waals surface area (Å²) in [4.78, 5) is 12.3. The molecule has 1 aromatic rings. The minimum Gasteiger partial charge on any atom is -0.486 e. The molecule has 1 amide bonds. The zero-order valence-corrected chi connectivity index (χ0v) is 17.3. The number of likely N-dealkylation sites (N-methyl/N-ethyl adjacent to an activating group) is 1. The van der Waals surface area contributed by atoms with Crippen molar-refractivity contribution in [1.29, 1.82) is 0 Å². The molecule has 0 bridgehead atoms. The first-order chi connectivity index (χ1) is 12.7. The van der Waals surface area contributed by atoms with Gasteiger partial charge in [-0.3, -0.25) is 4.79 Å². The molecular weight excluding hydrogens is 368 g/mol. The molecule has 1 aliphatic rings. The maximum Gasteiger partial charge on any atom is 0.243 e. The van der Waals surface area contributed by atoms with Gasteiger partial charge in [-0.25, -0.2) is 8.42 Å². The average Bonchev–Trinajstić information content (AvgIpc) is 2.60. The largest absolute Gasteiger partial charge is 0.486 e. The van der Waals surface area contributed by atoms with E-state index in [0.29, 0.717) is 30.6 Å². The smallest absolute Gasteiger partial charge is 0.243 e. The Bertz CT molecular complexity index is 748. The molecule has 8 heteroatoms. The Labute approximate surface area is 162 Å². The molecule has 0 spiro atoms. The Morgan fingerprint density at radius 2 is 1.81 bits per heavy atom. The lowest BCUT2D eigenvalue weighted by molar-refractivity contribution is -0.121. The normalized spacial score (nSPS) is 15.0. The number of nitrogens with one attached hydrogen (secondary N) is 1. The maximum absolute atomic E-state index is 12.7. The predicted molar refractivity (Wildman–Crippen MR) is 104 cm³/mol. The lowest BCUT2D eigenvalue weighted by Gasteiger charge is -2.21. The standard InChI is InChI=1S/C19H30N2O5S/c1-14(2)6-5-7-15(3)20-19(22)13-21(4)27(23,24)16-8-9-17-18(12-16)26-11-10-25-17/h8-9,12,14-15H,5-7,10-11,13H2,1-4H3,(H,20,22). The van der Waals surface area contributed by atoms with E-state index in [4.69, 9.17) is 9.47 Å². The van der Waals surface area contributed by atoms with Gasteiger partial charge < -0.3 is 14.8 Å². The van der Waals surface area contributed by atoms with Crippen LogP contribution in [0.25, 0.3) is 0 Å². The first kappa shape index (κ1) is 21.5. The minimum absolute atomic E-state index is 0.0154. The molecule has 1 heterocycles. The van der Waals surface area contributed by atoms with E-state index in [-0.39, 0.29) is 23.4 Å². The molecule has 1 aliphatic heterocycles. The van der Waals surface area contributed by atoms with Gasteiger partial charge in [-0.2, -0.15) is 4.31 Å². The van der Waals surface area contributed by atoms with Gasteiger partial charge in [-0.15, -0.1) is 0 Å². The van der Waals surface area contributed by atoms with Crippen LogP contribution >= 0.6 is 0 Å². The van der Waals surface area contributed by atoms with Gasteiger partial charge >= 0.3 is 0 Å². The van der Waals surface area contributed by atoms with Crippen molar-refractivity contribution >= 4 is 15.9 Å². The SMILES string of the molecule is CC(C)CCCC(C)NC(=O)CN(C)S(=O)(=O)c1ccc2c(c1)OCCO2. The highest BCUT2D eigenvalue weighted by atomic mass is 32.2. The summed E-state index contributed by atoms with van der Waals surface area (Å²) in [5.74, 6) is 1.25. The number of fused-ring (bicyclic) bond motifs is 1. The highest BCUT2D eigenvalue weighted by Gasteiger charge is 2.25. The highest BCUT2D eigenvalue weighted by molar-refractivity contribution is 7.89. The second-order valence-corrected chi connectivity index (χ2v) is 9.40. The van der Waals surface area contributed by atoms with Crippen molar-refractivity contribution in [1.82, 2.24) is 9.62 Å². The number of nitrogens with zero attached hydrogens (tertiary/aromatic N) is 1. The third kappa shape index (κ3) is 6.10. The first-order valence-corrected chi connectivity index (χ1v) is 10.8. The molecule has 7 nitrogen and oxygen atoms in total. The van der Waals surface area contributed by atoms with E-state index in [1.165, 1.54) is 19.2 Å². The Kier molecular flexibility index (Phi) is 7.49. The third-order valence-corrected chi connectivity index (χ3v) is 6.21. The van der Waals surface area contributed by atoms with Crippen LogP contribution in [0.2, 0.25) is 0 Å². The molecule has 27 heavy (non-hydrogen) atoms. The van der Waals surface area contributed by atoms with Crippen molar-refractivity contribution < 1.29 is 22.7 Å². The molecule has 0 radical (unpaired) electrons. The number of rotatable bonds is 9. The van der Waals surface area contributed by atoms with Gasteiger partial charge in [0.05, 0.1) is 11.4 Å². The molecule has 1 aromatic carbocycles. The topological polar surface area (TPSA) is 84.9 Å². The van der Waals surface area contributed by atoms with Gasteiger partial charge in [-0.1, -0.05) is 26.7 Å². The molecule has 152 valence electrons. The van der Waals surface area contributed by atoms with Gasteiger partial charge in [0, 0.05) is 19.2 Å². The summed E-state index contributed by atoms with van der Waals surface area (Å²) in [5.41, 5.74) is 0. The van der Waals surface area contributed by atoms with Crippen LogP contribution in [0.4, 0.5) is 0 Å². The van der Waals surface area contributed by atoms with Crippen LogP contribution in [0.1, 0.15) is 40.0 Å². The summed E-state index contributed by atoms with van der Waals surface area (Å²) in [6.45, 7) is 6.86. The van der Waals surface area contributed by atoms with Crippen LogP contribution in [0.5, 0.6) is 11.5 Å². The number of benzene rings is 1. The van der Waals surface area contributed by atoms with Crippen molar-refractivity contribution in [2.45, 2.75) is 51.0 Å². The number of hydrogen-bond acceptors (Lipinski definition) is 5. The Morgan fingerprint density at radius 1 is 1.15 bits per heavy atom. The molecule has 2 rings (SSSR count). The summed E-state index contributed by atoms with van der Waals surface area (Å²) in [6.07, 6.45) is 3.02. The average molecular weight is 399 g/mol. The zero-order valence-electron chi connectivity index (χ0n) is 16.5. The molecule has 0 saturated heterocycles. The van der Waals surface area contributed by atoms with E-state index in [0.717, 1.165) is 23.6 Å². The molecule has 1 atom stereocenters. The number of ether oxygens (including phenoxy) is 2. The number of sulfonamides is 1. The summed E-state index contributed by atoms with van der Waals surface area (Å²) in [6, 6.07) is 4.49. The monoisotopic (exact) mass is 398 g/mol. The maximum atomic E-state index is 12.7. The highest BCUT2D eigenvalue weighted by Crippen LogP contribution is 2.32. The molecule has 0 fully saturated rings. The fraction of sp³-hybridized carbons (Fsp3) is 0.632. The fourth-order valence-corrected chi connectivity index (χ4v) is 4.02. The summed E-state index contributed by atoms with van der Waals surface area (Å²) in [7, 11) is -2.40. The quantitative estimate of drug-likeness (QED) is 0.690. The zero-order chi connectivity index (χ0) is 20.0. The number of carbonyl (C=O) groups is 1. The van der Waals surface area contributed by atoms with Crippen LogP contribution in [0.15, 0.2) is 23.1 Å². The van der Waals surface area contributed by atoms with Gasteiger partial charge in [0.1, 0.15) is 13.2 Å². The van der Waals surface area contributed by atoms with E-state index in [1.54, 1.807) is 6.07 Å². The van der Waals surface area contributed by atoms with Crippen LogP contribution in [0.3, 0.4) is 0 Å². The molecule has 1 unspecified atom stereocenters.